The SMILES string of the molecule is CCC(C)CN(C)C(=O)N1CCSCC1C(=O)O. The van der Waals surface area contributed by atoms with Crippen LogP contribution in [-0.2, 0) is 4.79 Å². The average molecular weight is 274 g/mol. The van der Waals surface area contributed by atoms with Gasteiger partial charge in [0.15, 0.2) is 0 Å². The van der Waals surface area contributed by atoms with Gasteiger partial charge in [-0.2, -0.15) is 11.8 Å². The molecule has 1 aliphatic heterocycles. The second-order valence-corrected chi connectivity index (χ2v) is 5.95. The minimum atomic E-state index is -0.910. The molecule has 104 valence electrons. The van der Waals surface area contributed by atoms with Gasteiger partial charge in [0.05, 0.1) is 0 Å². The Labute approximate surface area is 113 Å². The van der Waals surface area contributed by atoms with Crippen LogP contribution < -0.4 is 0 Å². The Hall–Kier alpha value is -0.910. The van der Waals surface area contributed by atoms with Crippen LogP contribution in [0.3, 0.4) is 0 Å². The molecule has 0 spiro atoms. The largest absolute Gasteiger partial charge is 0.480 e. The predicted octanol–water partition coefficient (Wildman–Crippen LogP) is 1.59. The molecule has 6 heteroatoms. The molecule has 1 rings (SSSR count). The molecule has 0 aromatic rings. The number of hydrogen-bond donors (Lipinski definition) is 1. The molecule has 2 amide bonds. The van der Waals surface area contributed by atoms with E-state index >= 15 is 0 Å². The minimum Gasteiger partial charge on any atom is -0.480 e. The number of rotatable bonds is 4. The third kappa shape index (κ3) is 3.80. The molecule has 0 aromatic heterocycles. The number of hydrogen-bond acceptors (Lipinski definition) is 3. The Balaban J connectivity index is 2.65. The van der Waals surface area contributed by atoms with Crippen molar-refractivity contribution in [3.63, 3.8) is 0 Å². The van der Waals surface area contributed by atoms with Gasteiger partial charge >= 0.3 is 12.0 Å². The van der Waals surface area contributed by atoms with Gasteiger partial charge in [0, 0.05) is 31.6 Å². The number of amides is 2. The smallest absolute Gasteiger partial charge is 0.327 e. The maximum Gasteiger partial charge on any atom is 0.327 e. The fourth-order valence-corrected chi connectivity index (χ4v) is 2.97. The maximum absolute atomic E-state index is 12.2. The molecule has 0 aromatic carbocycles. The van der Waals surface area contributed by atoms with Crippen LogP contribution in [0.25, 0.3) is 0 Å². The van der Waals surface area contributed by atoms with Crippen molar-refractivity contribution >= 4 is 23.8 Å². The lowest BCUT2D eigenvalue weighted by Crippen LogP contribution is -2.54. The molecule has 1 fully saturated rings. The molecular formula is C12H22N2O3S. The van der Waals surface area contributed by atoms with E-state index < -0.39 is 12.0 Å². The topological polar surface area (TPSA) is 60.9 Å². The van der Waals surface area contributed by atoms with Crippen LogP contribution in [-0.4, -0.2) is 64.6 Å². The molecule has 1 saturated heterocycles. The molecule has 2 atom stereocenters. The van der Waals surface area contributed by atoms with Crippen molar-refractivity contribution in [2.24, 2.45) is 5.92 Å². The first kappa shape index (κ1) is 15.1. The third-order valence-corrected chi connectivity index (χ3v) is 4.29. The van der Waals surface area contributed by atoms with Crippen LogP contribution in [0.4, 0.5) is 4.79 Å². The van der Waals surface area contributed by atoms with Gasteiger partial charge in [-0.25, -0.2) is 9.59 Å². The highest BCUT2D eigenvalue weighted by atomic mass is 32.2. The number of carbonyl (C=O) groups excluding carboxylic acids is 1. The van der Waals surface area contributed by atoms with Crippen molar-refractivity contribution in [1.82, 2.24) is 9.80 Å². The standard InChI is InChI=1S/C12H22N2O3S/c1-4-9(2)7-13(3)12(17)14-5-6-18-8-10(14)11(15)16/h9-10H,4-8H2,1-3H3,(H,15,16). The maximum atomic E-state index is 12.2. The third-order valence-electron chi connectivity index (χ3n) is 3.27. The Bertz CT molecular complexity index is 312. The summed E-state index contributed by atoms with van der Waals surface area (Å²) in [5.41, 5.74) is 0. The van der Waals surface area contributed by atoms with Gasteiger partial charge in [0.25, 0.3) is 0 Å². The van der Waals surface area contributed by atoms with Gasteiger partial charge in [-0.3, -0.25) is 0 Å². The van der Waals surface area contributed by atoms with E-state index in [2.05, 4.69) is 13.8 Å². The summed E-state index contributed by atoms with van der Waals surface area (Å²) in [6.45, 7) is 5.36. The van der Waals surface area contributed by atoms with Crippen molar-refractivity contribution in [3.05, 3.63) is 0 Å². The van der Waals surface area contributed by atoms with Crippen LogP contribution in [0.5, 0.6) is 0 Å². The fourth-order valence-electron chi connectivity index (χ4n) is 1.93. The zero-order valence-corrected chi connectivity index (χ0v) is 12.1. The van der Waals surface area contributed by atoms with Crippen LogP contribution >= 0.6 is 11.8 Å². The summed E-state index contributed by atoms with van der Waals surface area (Å²) in [6, 6.07) is -0.848. The molecule has 1 heterocycles. The number of carboxylic acids is 1. The molecule has 0 bridgehead atoms. The van der Waals surface area contributed by atoms with Crippen LogP contribution in [0.15, 0.2) is 0 Å². The summed E-state index contributed by atoms with van der Waals surface area (Å²) in [4.78, 5) is 26.5. The van der Waals surface area contributed by atoms with Gasteiger partial charge in [-0.05, 0) is 5.92 Å². The van der Waals surface area contributed by atoms with E-state index in [1.54, 1.807) is 23.7 Å². The number of carboxylic acid groups (broad SMARTS) is 1. The number of aliphatic carboxylic acids is 1. The number of carbonyl (C=O) groups is 2. The summed E-state index contributed by atoms with van der Waals surface area (Å²) >= 11 is 1.59. The minimum absolute atomic E-state index is 0.164. The lowest BCUT2D eigenvalue weighted by atomic mass is 10.1. The Morgan fingerprint density at radius 2 is 2.22 bits per heavy atom. The Morgan fingerprint density at radius 3 is 2.78 bits per heavy atom. The quantitative estimate of drug-likeness (QED) is 0.845. The van der Waals surface area contributed by atoms with E-state index in [4.69, 9.17) is 5.11 Å². The molecule has 0 radical (unpaired) electrons. The van der Waals surface area contributed by atoms with E-state index in [0.29, 0.717) is 24.8 Å². The molecular weight excluding hydrogens is 252 g/mol. The highest BCUT2D eigenvalue weighted by Crippen LogP contribution is 2.18. The van der Waals surface area contributed by atoms with Gasteiger partial charge in [0.2, 0.25) is 0 Å². The highest BCUT2D eigenvalue weighted by molar-refractivity contribution is 7.99. The first-order valence-corrected chi connectivity index (χ1v) is 7.45. The highest BCUT2D eigenvalue weighted by Gasteiger charge is 2.33. The van der Waals surface area contributed by atoms with E-state index in [1.165, 1.54) is 4.90 Å². The summed E-state index contributed by atoms with van der Waals surface area (Å²) in [7, 11) is 1.75. The van der Waals surface area contributed by atoms with Crippen LogP contribution in [0.1, 0.15) is 20.3 Å². The van der Waals surface area contributed by atoms with Crippen molar-refractivity contribution in [3.8, 4) is 0 Å². The van der Waals surface area contributed by atoms with Gasteiger partial charge in [-0.15, -0.1) is 0 Å². The second kappa shape index (κ2) is 6.87. The van der Waals surface area contributed by atoms with Crippen molar-refractivity contribution in [2.45, 2.75) is 26.3 Å². The van der Waals surface area contributed by atoms with E-state index in [-0.39, 0.29) is 6.03 Å². The summed E-state index contributed by atoms with van der Waals surface area (Å²) < 4.78 is 0. The lowest BCUT2D eigenvalue weighted by Gasteiger charge is -2.36. The molecule has 0 saturated carbocycles. The summed E-state index contributed by atoms with van der Waals surface area (Å²) in [6.07, 6.45) is 1.01. The van der Waals surface area contributed by atoms with Gasteiger partial charge in [-0.1, -0.05) is 20.3 Å². The molecule has 0 aliphatic carbocycles. The first-order chi connectivity index (χ1) is 8.47. The lowest BCUT2D eigenvalue weighted by molar-refractivity contribution is -0.141. The van der Waals surface area contributed by atoms with Crippen LogP contribution in [0, 0.1) is 5.92 Å². The second-order valence-electron chi connectivity index (χ2n) is 4.80. The molecule has 1 aliphatic rings. The number of nitrogens with zero attached hydrogens (tertiary/aromatic N) is 2. The first-order valence-electron chi connectivity index (χ1n) is 6.29. The average Bonchev–Trinajstić information content (AvgIpc) is 2.37. The molecule has 5 nitrogen and oxygen atoms in total. The molecule has 2 unspecified atom stereocenters. The Morgan fingerprint density at radius 1 is 1.56 bits per heavy atom. The monoisotopic (exact) mass is 274 g/mol. The van der Waals surface area contributed by atoms with Gasteiger partial charge in [0.1, 0.15) is 6.04 Å². The molecule has 18 heavy (non-hydrogen) atoms. The fraction of sp³-hybridized carbons (Fsp3) is 0.833. The summed E-state index contributed by atoms with van der Waals surface area (Å²) in [5, 5.41) is 9.14. The molecule has 1 N–H and O–H groups in total. The Kier molecular flexibility index (Phi) is 5.78. The number of urea groups is 1. The predicted molar refractivity (Wildman–Crippen MR) is 72.9 cm³/mol. The van der Waals surface area contributed by atoms with E-state index in [9.17, 15) is 9.59 Å². The summed E-state index contributed by atoms with van der Waals surface area (Å²) in [5.74, 6) is 0.819. The zero-order chi connectivity index (χ0) is 13.7. The van der Waals surface area contributed by atoms with E-state index in [1.807, 2.05) is 0 Å². The van der Waals surface area contributed by atoms with E-state index in [0.717, 1.165) is 12.2 Å². The zero-order valence-electron chi connectivity index (χ0n) is 11.3. The normalized spacial score (nSPS) is 21.5. The van der Waals surface area contributed by atoms with Crippen molar-refractivity contribution < 1.29 is 14.7 Å². The van der Waals surface area contributed by atoms with Crippen LogP contribution in [0.2, 0.25) is 0 Å². The number of thioether (sulfide) groups is 1. The van der Waals surface area contributed by atoms with Crippen molar-refractivity contribution in [2.75, 3.05) is 31.6 Å². The van der Waals surface area contributed by atoms with Gasteiger partial charge < -0.3 is 14.9 Å². The van der Waals surface area contributed by atoms with Crippen molar-refractivity contribution in [1.29, 1.82) is 0 Å².